The molecule has 0 bridgehead atoms. The standard InChI is InChI=1S/C25H31ClFN3O3/c1-25(2,3)33-24(32)30-14-17-6-4-16(5-7-17)13-28-21-12-22(26)29-15-20(21)23(31)18-8-10-19(27)11-9-18/h8-12,15-17H,4-7,13-14H2,1-3H3,(H,28,29)(H,30,32). The van der Waals surface area contributed by atoms with Gasteiger partial charge in [-0.25, -0.2) is 14.2 Å². The number of hydrogen-bond acceptors (Lipinski definition) is 5. The maximum atomic E-state index is 13.2. The highest BCUT2D eigenvalue weighted by atomic mass is 35.5. The Kier molecular flexibility index (Phi) is 8.30. The van der Waals surface area contributed by atoms with Crippen LogP contribution < -0.4 is 10.6 Å². The number of rotatable bonds is 7. The first-order chi connectivity index (χ1) is 15.6. The second-order valence-corrected chi connectivity index (χ2v) is 9.93. The fourth-order valence-corrected chi connectivity index (χ4v) is 4.11. The number of ketones is 1. The molecule has 0 unspecified atom stereocenters. The molecule has 1 heterocycles. The lowest BCUT2D eigenvalue weighted by molar-refractivity contribution is 0.0513. The van der Waals surface area contributed by atoms with Crippen LogP contribution in [0.3, 0.4) is 0 Å². The molecule has 0 radical (unpaired) electrons. The number of anilines is 1. The van der Waals surface area contributed by atoms with E-state index in [1.165, 1.54) is 30.5 Å². The molecule has 33 heavy (non-hydrogen) atoms. The number of halogens is 2. The van der Waals surface area contributed by atoms with Crippen LogP contribution in [-0.4, -0.2) is 35.6 Å². The van der Waals surface area contributed by atoms with Crippen molar-refractivity contribution in [2.45, 2.75) is 52.1 Å². The van der Waals surface area contributed by atoms with E-state index in [4.69, 9.17) is 16.3 Å². The number of pyridine rings is 1. The van der Waals surface area contributed by atoms with E-state index in [0.717, 1.165) is 25.7 Å². The predicted molar refractivity (Wildman–Crippen MR) is 127 cm³/mol. The monoisotopic (exact) mass is 475 g/mol. The highest BCUT2D eigenvalue weighted by molar-refractivity contribution is 6.30. The molecule has 1 aromatic heterocycles. The Balaban J connectivity index is 1.52. The second kappa shape index (κ2) is 11.0. The van der Waals surface area contributed by atoms with Gasteiger partial charge in [0.25, 0.3) is 0 Å². The van der Waals surface area contributed by atoms with Gasteiger partial charge < -0.3 is 15.4 Å². The number of carbonyl (C=O) groups is 2. The summed E-state index contributed by atoms with van der Waals surface area (Å²) >= 11 is 6.07. The van der Waals surface area contributed by atoms with Gasteiger partial charge in [-0.05, 0) is 88.6 Å². The second-order valence-electron chi connectivity index (χ2n) is 9.54. The van der Waals surface area contributed by atoms with Crippen LogP contribution in [0.15, 0.2) is 36.5 Å². The van der Waals surface area contributed by atoms with Crippen molar-refractivity contribution in [2.75, 3.05) is 18.4 Å². The molecule has 2 aromatic rings. The van der Waals surface area contributed by atoms with Crippen LogP contribution in [0.5, 0.6) is 0 Å². The van der Waals surface area contributed by atoms with Gasteiger partial charge in [0.1, 0.15) is 16.6 Å². The van der Waals surface area contributed by atoms with Gasteiger partial charge in [-0.1, -0.05) is 11.6 Å². The molecule has 178 valence electrons. The topological polar surface area (TPSA) is 80.3 Å². The molecule has 0 atom stereocenters. The third kappa shape index (κ3) is 7.70. The molecule has 1 aliphatic rings. The maximum Gasteiger partial charge on any atom is 0.407 e. The quantitative estimate of drug-likeness (QED) is 0.388. The number of amides is 1. The summed E-state index contributed by atoms with van der Waals surface area (Å²) in [6.45, 7) is 6.86. The lowest BCUT2D eigenvalue weighted by atomic mass is 9.82. The SMILES string of the molecule is CC(C)(C)OC(=O)NCC1CCC(CNc2cc(Cl)ncc2C(=O)c2ccc(F)cc2)CC1. The summed E-state index contributed by atoms with van der Waals surface area (Å²) in [6, 6.07) is 7.10. The fraction of sp³-hybridized carbons (Fsp3) is 0.480. The van der Waals surface area contributed by atoms with Gasteiger partial charge >= 0.3 is 6.09 Å². The summed E-state index contributed by atoms with van der Waals surface area (Å²) < 4.78 is 18.5. The van der Waals surface area contributed by atoms with Crippen molar-refractivity contribution < 1.29 is 18.7 Å². The molecular weight excluding hydrogens is 445 g/mol. The number of nitrogens with one attached hydrogen (secondary N) is 2. The lowest BCUT2D eigenvalue weighted by Gasteiger charge is -2.29. The Morgan fingerprint density at radius 2 is 1.70 bits per heavy atom. The molecule has 6 nitrogen and oxygen atoms in total. The zero-order valence-corrected chi connectivity index (χ0v) is 20.0. The number of nitrogens with zero attached hydrogens (tertiary/aromatic N) is 1. The summed E-state index contributed by atoms with van der Waals surface area (Å²) in [7, 11) is 0. The van der Waals surface area contributed by atoms with Crippen LogP contribution in [-0.2, 0) is 4.74 Å². The molecule has 3 rings (SSSR count). The molecule has 1 aromatic carbocycles. The van der Waals surface area contributed by atoms with Crippen molar-refractivity contribution in [1.29, 1.82) is 0 Å². The first-order valence-electron chi connectivity index (χ1n) is 11.3. The van der Waals surface area contributed by atoms with Crippen LogP contribution in [0.25, 0.3) is 0 Å². The van der Waals surface area contributed by atoms with E-state index < -0.39 is 11.4 Å². The number of carbonyl (C=O) groups excluding carboxylic acids is 2. The van der Waals surface area contributed by atoms with Crippen molar-refractivity contribution in [1.82, 2.24) is 10.3 Å². The van der Waals surface area contributed by atoms with E-state index in [0.29, 0.717) is 46.9 Å². The van der Waals surface area contributed by atoms with Gasteiger partial charge in [0.15, 0.2) is 5.78 Å². The van der Waals surface area contributed by atoms with Crippen molar-refractivity contribution >= 4 is 29.2 Å². The van der Waals surface area contributed by atoms with Crippen LogP contribution in [0.1, 0.15) is 62.4 Å². The van der Waals surface area contributed by atoms with Crippen molar-refractivity contribution in [2.24, 2.45) is 11.8 Å². The number of aromatic nitrogens is 1. The molecule has 1 aliphatic carbocycles. The van der Waals surface area contributed by atoms with Crippen molar-refractivity contribution in [3.05, 3.63) is 58.6 Å². The number of benzene rings is 1. The summed E-state index contributed by atoms with van der Waals surface area (Å²) in [5.74, 6) is 0.248. The Hall–Kier alpha value is -2.67. The smallest absolute Gasteiger partial charge is 0.407 e. The Morgan fingerprint density at radius 3 is 2.30 bits per heavy atom. The summed E-state index contributed by atoms with van der Waals surface area (Å²) in [5, 5.41) is 6.53. The van der Waals surface area contributed by atoms with Gasteiger partial charge in [0, 0.05) is 30.5 Å². The molecule has 0 spiro atoms. The molecule has 2 N–H and O–H groups in total. The number of alkyl carbamates (subject to hydrolysis) is 1. The van der Waals surface area contributed by atoms with Gasteiger partial charge in [-0.2, -0.15) is 0 Å². The minimum absolute atomic E-state index is 0.237. The van der Waals surface area contributed by atoms with E-state index in [9.17, 15) is 14.0 Å². The maximum absolute atomic E-state index is 13.2. The van der Waals surface area contributed by atoms with Gasteiger partial charge in [-0.15, -0.1) is 0 Å². The van der Waals surface area contributed by atoms with Gasteiger partial charge in [-0.3, -0.25) is 4.79 Å². The van der Waals surface area contributed by atoms with Crippen molar-refractivity contribution in [3.63, 3.8) is 0 Å². The summed E-state index contributed by atoms with van der Waals surface area (Å²) in [5.41, 5.74) is 0.918. The van der Waals surface area contributed by atoms with Gasteiger partial charge in [0.05, 0.1) is 5.56 Å². The molecule has 1 saturated carbocycles. The van der Waals surface area contributed by atoms with E-state index in [1.54, 1.807) is 6.07 Å². The molecule has 1 amide bonds. The zero-order valence-electron chi connectivity index (χ0n) is 19.3. The normalized spacial score (nSPS) is 18.5. The van der Waals surface area contributed by atoms with Gasteiger partial charge in [0.2, 0.25) is 0 Å². The average Bonchev–Trinajstić information content (AvgIpc) is 2.76. The van der Waals surface area contributed by atoms with Crippen LogP contribution >= 0.6 is 11.6 Å². The van der Waals surface area contributed by atoms with E-state index >= 15 is 0 Å². The van der Waals surface area contributed by atoms with E-state index in [2.05, 4.69) is 15.6 Å². The summed E-state index contributed by atoms with van der Waals surface area (Å²) in [4.78, 5) is 28.8. The Labute approximate surface area is 199 Å². The van der Waals surface area contributed by atoms with Crippen LogP contribution in [0, 0.1) is 17.7 Å². The zero-order chi connectivity index (χ0) is 24.0. The predicted octanol–water partition coefficient (Wildman–Crippen LogP) is 5.85. The Bertz CT molecular complexity index is 968. The number of ether oxygens (including phenoxy) is 1. The van der Waals surface area contributed by atoms with Crippen molar-refractivity contribution in [3.8, 4) is 0 Å². The fourth-order valence-electron chi connectivity index (χ4n) is 3.95. The molecular formula is C25H31ClFN3O3. The highest BCUT2D eigenvalue weighted by Gasteiger charge is 2.23. The minimum atomic E-state index is -0.500. The molecule has 0 aliphatic heterocycles. The first-order valence-corrected chi connectivity index (χ1v) is 11.6. The van der Waals surface area contributed by atoms with E-state index in [-0.39, 0.29) is 11.9 Å². The minimum Gasteiger partial charge on any atom is -0.444 e. The van der Waals surface area contributed by atoms with E-state index in [1.807, 2.05) is 20.8 Å². The summed E-state index contributed by atoms with van der Waals surface area (Å²) in [6.07, 6.45) is 5.15. The Morgan fingerprint density at radius 1 is 1.09 bits per heavy atom. The molecule has 8 heteroatoms. The third-order valence-electron chi connectivity index (χ3n) is 5.70. The highest BCUT2D eigenvalue weighted by Crippen LogP contribution is 2.30. The number of hydrogen-bond donors (Lipinski definition) is 2. The first kappa shape index (κ1) is 25.0. The van der Waals surface area contributed by atoms with Crippen LogP contribution in [0.4, 0.5) is 14.9 Å². The molecule has 0 saturated heterocycles. The largest absolute Gasteiger partial charge is 0.444 e. The average molecular weight is 476 g/mol. The van der Waals surface area contributed by atoms with Crippen LogP contribution in [0.2, 0.25) is 5.15 Å². The lowest BCUT2D eigenvalue weighted by Crippen LogP contribution is -2.36. The third-order valence-corrected chi connectivity index (χ3v) is 5.91. The molecule has 1 fully saturated rings.